The van der Waals surface area contributed by atoms with Gasteiger partial charge >= 0.3 is 0 Å². The van der Waals surface area contributed by atoms with Crippen molar-refractivity contribution in [2.24, 2.45) is 0 Å². The zero-order valence-electron chi connectivity index (χ0n) is 21.6. The lowest BCUT2D eigenvalue weighted by Gasteiger charge is -2.32. The normalized spacial score (nSPS) is 17.5. The molecule has 0 bridgehead atoms. The van der Waals surface area contributed by atoms with Crippen molar-refractivity contribution in [3.05, 3.63) is 83.0 Å². The summed E-state index contributed by atoms with van der Waals surface area (Å²) in [5, 5.41) is 18.8. The summed E-state index contributed by atoms with van der Waals surface area (Å²) in [7, 11) is 1.66. The number of fused-ring (bicyclic) bond motifs is 2. The zero-order valence-corrected chi connectivity index (χ0v) is 23.1. The van der Waals surface area contributed by atoms with Crippen LogP contribution >= 0.6 is 23.4 Å². The fourth-order valence-corrected chi connectivity index (χ4v) is 6.58. The van der Waals surface area contributed by atoms with Crippen molar-refractivity contribution in [3.8, 4) is 5.75 Å². The van der Waals surface area contributed by atoms with Crippen LogP contribution in [0.3, 0.4) is 0 Å². The quantitative estimate of drug-likeness (QED) is 0.260. The molecule has 5 rings (SSSR count). The van der Waals surface area contributed by atoms with Gasteiger partial charge in [0.05, 0.1) is 18.7 Å². The fourth-order valence-electron chi connectivity index (χ4n) is 5.08. The van der Waals surface area contributed by atoms with Gasteiger partial charge in [-0.05, 0) is 60.9 Å². The Morgan fingerprint density at radius 1 is 1.11 bits per heavy atom. The van der Waals surface area contributed by atoms with E-state index < -0.39 is 6.10 Å². The molecule has 1 saturated heterocycles. The van der Waals surface area contributed by atoms with Gasteiger partial charge in [-0.3, -0.25) is 4.90 Å². The van der Waals surface area contributed by atoms with Crippen molar-refractivity contribution in [2.75, 3.05) is 25.3 Å². The van der Waals surface area contributed by atoms with Gasteiger partial charge in [-0.1, -0.05) is 54.1 Å². The third-order valence-electron chi connectivity index (χ3n) is 7.13. The minimum atomic E-state index is -0.488. The van der Waals surface area contributed by atoms with E-state index in [0.717, 1.165) is 40.3 Å². The van der Waals surface area contributed by atoms with Gasteiger partial charge in [0.1, 0.15) is 10.9 Å². The number of nitrogens with one attached hydrogen (secondary N) is 1. The number of ether oxygens (including phenoxy) is 1. The van der Waals surface area contributed by atoms with Crippen molar-refractivity contribution < 1.29 is 9.84 Å². The van der Waals surface area contributed by atoms with E-state index in [9.17, 15) is 5.11 Å². The van der Waals surface area contributed by atoms with E-state index in [2.05, 4.69) is 77.6 Å². The summed E-state index contributed by atoms with van der Waals surface area (Å²) in [4.78, 5) is 6.90. The highest BCUT2D eigenvalue weighted by Crippen LogP contribution is 2.30. The number of thioether (sulfide) groups is 1. The zero-order chi connectivity index (χ0) is 26.0. The molecule has 1 aromatic heterocycles. The molecule has 0 saturated carbocycles. The molecule has 0 amide bonds. The third-order valence-corrected chi connectivity index (χ3v) is 8.55. The predicted octanol–water partition coefficient (Wildman–Crippen LogP) is 5.90. The van der Waals surface area contributed by atoms with Crippen molar-refractivity contribution in [1.29, 1.82) is 0 Å². The molecule has 2 atom stereocenters. The molecule has 0 spiro atoms. The first kappa shape index (κ1) is 26.3. The second kappa shape index (κ2) is 11.2. The van der Waals surface area contributed by atoms with E-state index in [4.69, 9.17) is 16.3 Å². The summed E-state index contributed by atoms with van der Waals surface area (Å²) >= 11 is 8.41. The Bertz CT molecular complexity index is 1400. The summed E-state index contributed by atoms with van der Waals surface area (Å²) < 4.78 is 5.37. The number of aromatic nitrogens is 1. The number of hydrogen-bond donors (Lipinski definition) is 2. The number of pyridine rings is 1. The molecule has 3 aromatic carbocycles. The number of aliphatic hydroxyl groups is 1. The molecule has 5 nitrogen and oxygen atoms in total. The highest BCUT2D eigenvalue weighted by molar-refractivity contribution is 7.99. The van der Waals surface area contributed by atoms with Crippen LogP contribution in [0.1, 0.15) is 25.0 Å². The number of hydrogen-bond acceptors (Lipinski definition) is 6. The smallest absolute Gasteiger partial charge is 0.134 e. The number of nitrogens with zero attached hydrogens (tertiary/aromatic N) is 2. The molecule has 2 heterocycles. The molecule has 1 fully saturated rings. The number of aliphatic hydroxyl groups excluding tert-OH is 1. The Labute approximate surface area is 228 Å². The average molecular weight is 536 g/mol. The van der Waals surface area contributed by atoms with Crippen LogP contribution in [0.2, 0.25) is 5.15 Å². The van der Waals surface area contributed by atoms with Crippen LogP contribution in [0.15, 0.2) is 66.7 Å². The Kier molecular flexibility index (Phi) is 7.93. The molecule has 0 radical (unpaired) electrons. The fraction of sp³-hybridized carbons (Fsp3) is 0.367. The molecule has 0 aliphatic carbocycles. The van der Waals surface area contributed by atoms with Gasteiger partial charge < -0.3 is 15.2 Å². The van der Waals surface area contributed by atoms with E-state index >= 15 is 0 Å². The number of methoxy groups -OCH3 is 1. The van der Waals surface area contributed by atoms with Gasteiger partial charge in [-0.2, -0.15) is 0 Å². The molecule has 4 aromatic rings. The van der Waals surface area contributed by atoms with E-state index in [1.54, 1.807) is 7.11 Å². The largest absolute Gasteiger partial charge is 0.497 e. The highest BCUT2D eigenvalue weighted by atomic mass is 35.5. The molecule has 1 aliphatic rings. The Morgan fingerprint density at radius 3 is 2.73 bits per heavy atom. The molecular weight excluding hydrogens is 502 g/mol. The number of β-amino-alcohol motifs (C(OH)–C–C–N with tert-alkyl or cyclic N) is 1. The van der Waals surface area contributed by atoms with E-state index in [-0.39, 0.29) is 11.6 Å². The Morgan fingerprint density at radius 2 is 1.92 bits per heavy atom. The monoisotopic (exact) mass is 535 g/mol. The van der Waals surface area contributed by atoms with Crippen molar-refractivity contribution in [1.82, 2.24) is 15.2 Å². The number of rotatable bonds is 9. The molecule has 37 heavy (non-hydrogen) atoms. The molecule has 7 heteroatoms. The number of benzene rings is 3. The van der Waals surface area contributed by atoms with Gasteiger partial charge in [0.15, 0.2) is 0 Å². The van der Waals surface area contributed by atoms with Crippen LogP contribution in [-0.2, 0) is 13.0 Å². The lowest BCUT2D eigenvalue weighted by atomic mass is 9.93. The molecule has 194 valence electrons. The third kappa shape index (κ3) is 6.21. The first-order valence-corrected chi connectivity index (χ1v) is 14.2. The van der Waals surface area contributed by atoms with Crippen LogP contribution in [-0.4, -0.2) is 58.0 Å². The maximum Gasteiger partial charge on any atom is 0.134 e. The summed E-state index contributed by atoms with van der Waals surface area (Å²) in [5.41, 5.74) is 2.95. The van der Waals surface area contributed by atoms with Crippen LogP contribution < -0.4 is 10.1 Å². The second-order valence-electron chi connectivity index (χ2n) is 10.5. The number of halogens is 1. The Hall–Kier alpha value is -2.35. The summed E-state index contributed by atoms with van der Waals surface area (Å²) in [5.74, 6) is 2.54. The van der Waals surface area contributed by atoms with Gasteiger partial charge in [0.2, 0.25) is 0 Å². The Balaban J connectivity index is 1.22. The standard InChI is InChI=1S/C30H34ClN3O2S/c1-30(2,15-20-8-9-21-6-4-5-7-22(21)12-20)32-16-28(35)27-18-37-19-34(27)17-24-13-23-14-25(36-3)10-11-26(23)33-29(24)31/h4-14,27-28,32,35H,15-19H2,1-3H3/t27-,28+/m1/s1. The van der Waals surface area contributed by atoms with E-state index in [1.807, 2.05) is 30.0 Å². The van der Waals surface area contributed by atoms with E-state index in [1.165, 1.54) is 16.3 Å². The summed E-state index contributed by atoms with van der Waals surface area (Å²) in [6.45, 7) is 5.58. The van der Waals surface area contributed by atoms with Crippen LogP contribution in [0.4, 0.5) is 0 Å². The molecule has 0 unspecified atom stereocenters. The van der Waals surface area contributed by atoms with Crippen molar-refractivity contribution in [3.63, 3.8) is 0 Å². The lowest BCUT2D eigenvalue weighted by molar-refractivity contribution is 0.0684. The molecule has 2 N–H and O–H groups in total. The minimum Gasteiger partial charge on any atom is -0.497 e. The van der Waals surface area contributed by atoms with Gasteiger partial charge in [-0.25, -0.2) is 4.98 Å². The first-order valence-electron chi connectivity index (χ1n) is 12.7. The minimum absolute atomic E-state index is 0.0473. The van der Waals surface area contributed by atoms with Gasteiger partial charge in [0.25, 0.3) is 0 Å². The first-order chi connectivity index (χ1) is 17.8. The maximum atomic E-state index is 11.2. The van der Waals surface area contributed by atoms with Gasteiger partial charge in [-0.15, -0.1) is 11.8 Å². The predicted molar refractivity (Wildman–Crippen MR) is 156 cm³/mol. The van der Waals surface area contributed by atoms with Crippen LogP contribution in [0.5, 0.6) is 5.75 Å². The van der Waals surface area contributed by atoms with Gasteiger partial charge in [0, 0.05) is 47.2 Å². The highest BCUT2D eigenvalue weighted by Gasteiger charge is 2.32. The molecule has 1 aliphatic heterocycles. The topological polar surface area (TPSA) is 57.6 Å². The summed E-state index contributed by atoms with van der Waals surface area (Å²) in [6.07, 6.45) is 0.397. The van der Waals surface area contributed by atoms with Crippen LogP contribution in [0.25, 0.3) is 21.7 Å². The second-order valence-corrected chi connectivity index (χ2v) is 11.9. The SMILES string of the molecule is COc1ccc2nc(Cl)c(CN3CSC[C@@H]3[C@@H](O)CNC(C)(C)Cc3ccc4ccccc4c3)cc2c1. The molecular formula is C30H34ClN3O2S. The summed E-state index contributed by atoms with van der Waals surface area (Å²) in [6, 6.07) is 23.0. The maximum absolute atomic E-state index is 11.2. The average Bonchev–Trinajstić information content (AvgIpc) is 3.35. The van der Waals surface area contributed by atoms with Crippen LogP contribution in [0, 0.1) is 0 Å². The van der Waals surface area contributed by atoms with E-state index in [0.29, 0.717) is 18.2 Å². The lowest BCUT2D eigenvalue weighted by Crippen LogP contribution is -2.50. The van der Waals surface area contributed by atoms with Crippen molar-refractivity contribution in [2.45, 2.75) is 44.5 Å². The van der Waals surface area contributed by atoms with Crippen molar-refractivity contribution >= 4 is 45.0 Å².